The summed E-state index contributed by atoms with van der Waals surface area (Å²) >= 11 is 0. The second-order valence-electron chi connectivity index (χ2n) is 5.14. The maximum Gasteiger partial charge on any atom is 0.133 e. The molecule has 0 N–H and O–H groups in total. The minimum Gasteiger partial charge on any atom is -0.269 e. The van der Waals surface area contributed by atoms with E-state index in [0.29, 0.717) is 6.67 Å². The largest absolute Gasteiger partial charge is 0.269 e. The van der Waals surface area contributed by atoms with Crippen LogP contribution in [-0.2, 0) is 6.67 Å². The monoisotopic (exact) mass is 286 g/mol. The summed E-state index contributed by atoms with van der Waals surface area (Å²) in [6.45, 7) is 0.466. The highest BCUT2D eigenvalue weighted by Crippen LogP contribution is 2.14. The van der Waals surface area contributed by atoms with Crippen LogP contribution in [0.25, 0.3) is 21.8 Å². The van der Waals surface area contributed by atoms with Crippen LogP contribution in [-0.4, -0.2) is 21.2 Å². The van der Waals surface area contributed by atoms with Crippen molar-refractivity contribution in [3.63, 3.8) is 0 Å². The van der Waals surface area contributed by atoms with Crippen LogP contribution in [0, 0.1) is 0 Å². The number of benzene rings is 3. The molecule has 0 spiro atoms. The molecule has 22 heavy (non-hydrogen) atoms. The smallest absolute Gasteiger partial charge is 0.133 e. The van der Waals surface area contributed by atoms with E-state index < -0.39 is 0 Å². The summed E-state index contributed by atoms with van der Waals surface area (Å²) in [5.74, 6) is 0. The predicted molar refractivity (Wildman–Crippen MR) is 89.1 cm³/mol. The van der Waals surface area contributed by atoms with Gasteiger partial charge in [0, 0.05) is 6.21 Å². The van der Waals surface area contributed by atoms with Crippen molar-refractivity contribution in [3.05, 3.63) is 72.3 Å². The van der Waals surface area contributed by atoms with E-state index in [2.05, 4.69) is 45.6 Å². The Morgan fingerprint density at radius 3 is 2.68 bits per heavy atom. The first kappa shape index (κ1) is 12.7. The Morgan fingerprint density at radius 2 is 1.73 bits per heavy atom. The van der Waals surface area contributed by atoms with E-state index in [-0.39, 0.29) is 0 Å². The average Bonchev–Trinajstić information content (AvgIpc) is 2.98. The number of fused-ring (bicyclic) bond motifs is 2. The lowest BCUT2D eigenvalue weighted by Gasteiger charge is -1.99. The SMILES string of the molecule is C(=N\Cn1nnc2ccccc21)/c1ccc2ccccc2c1. The number of hydrogen-bond donors (Lipinski definition) is 0. The van der Waals surface area contributed by atoms with Crippen LogP contribution < -0.4 is 0 Å². The second-order valence-corrected chi connectivity index (χ2v) is 5.14. The molecule has 0 bridgehead atoms. The van der Waals surface area contributed by atoms with Gasteiger partial charge in [-0.2, -0.15) is 0 Å². The standard InChI is InChI=1S/C18H14N4/c1-2-6-16-11-14(9-10-15(16)5-1)12-19-13-22-18-8-4-3-7-17(18)20-21-22/h1-12H,13H2/b19-12+. The lowest BCUT2D eigenvalue weighted by Crippen LogP contribution is -1.98. The van der Waals surface area contributed by atoms with Crippen molar-refractivity contribution >= 4 is 28.0 Å². The van der Waals surface area contributed by atoms with Crippen molar-refractivity contribution in [2.24, 2.45) is 4.99 Å². The van der Waals surface area contributed by atoms with Gasteiger partial charge in [0.2, 0.25) is 0 Å². The van der Waals surface area contributed by atoms with Crippen LogP contribution in [0.3, 0.4) is 0 Å². The van der Waals surface area contributed by atoms with Crippen LogP contribution in [0.5, 0.6) is 0 Å². The van der Waals surface area contributed by atoms with Gasteiger partial charge < -0.3 is 0 Å². The number of para-hydroxylation sites is 1. The molecule has 0 aliphatic heterocycles. The van der Waals surface area contributed by atoms with Gasteiger partial charge in [-0.25, -0.2) is 4.68 Å². The Labute approximate surface area is 127 Å². The number of nitrogens with zero attached hydrogens (tertiary/aromatic N) is 4. The van der Waals surface area contributed by atoms with Gasteiger partial charge in [0.1, 0.15) is 12.2 Å². The number of aromatic nitrogens is 3. The normalized spacial score (nSPS) is 11.6. The summed E-state index contributed by atoms with van der Waals surface area (Å²) in [5, 5.41) is 10.7. The third-order valence-electron chi connectivity index (χ3n) is 3.65. The van der Waals surface area contributed by atoms with Gasteiger partial charge in [0.15, 0.2) is 0 Å². The summed E-state index contributed by atoms with van der Waals surface area (Å²) in [6.07, 6.45) is 1.88. The first-order valence-corrected chi connectivity index (χ1v) is 7.17. The fourth-order valence-corrected chi connectivity index (χ4v) is 2.53. The molecule has 4 nitrogen and oxygen atoms in total. The van der Waals surface area contributed by atoms with E-state index in [9.17, 15) is 0 Å². The Bertz CT molecular complexity index is 969. The minimum atomic E-state index is 0.466. The van der Waals surface area contributed by atoms with Crippen LogP contribution >= 0.6 is 0 Å². The third-order valence-corrected chi connectivity index (χ3v) is 3.65. The van der Waals surface area contributed by atoms with Crippen molar-refractivity contribution < 1.29 is 0 Å². The van der Waals surface area contributed by atoms with Crippen molar-refractivity contribution in [1.29, 1.82) is 0 Å². The molecule has 0 fully saturated rings. The number of aliphatic imine (C=N–C) groups is 1. The molecule has 4 aromatic rings. The molecule has 4 heteroatoms. The zero-order valence-corrected chi connectivity index (χ0v) is 11.9. The molecule has 1 heterocycles. The lowest BCUT2D eigenvalue weighted by atomic mass is 10.1. The predicted octanol–water partition coefficient (Wildman–Crippen LogP) is 3.66. The second kappa shape index (κ2) is 5.41. The number of hydrogen-bond acceptors (Lipinski definition) is 3. The molecular formula is C18H14N4. The Kier molecular flexibility index (Phi) is 3.12. The molecule has 0 unspecified atom stereocenters. The molecule has 0 aliphatic rings. The summed E-state index contributed by atoms with van der Waals surface area (Å²) in [5.41, 5.74) is 2.98. The van der Waals surface area contributed by atoms with E-state index in [1.807, 2.05) is 42.6 Å². The lowest BCUT2D eigenvalue weighted by molar-refractivity contribution is 0.631. The Hall–Kier alpha value is -3.01. The van der Waals surface area contributed by atoms with Crippen molar-refractivity contribution in [2.75, 3.05) is 0 Å². The maximum atomic E-state index is 4.48. The molecule has 0 saturated heterocycles. The quantitative estimate of drug-likeness (QED) is 0.539. The van der Waals surface area contributed by atoms with Gasteiger partial charge in [0.25, 0.3) is 0 Å². The first-order chi connectivity index (χ1) is 10.9. The van der Waals surface area contributed by atoms with E-state index in [1.165, 1.54) is 10.8 Å². The molecule has 0 radical (unpaired) electrons. The van der Waals surface area contributed by atoms with Crippen molar-refractivity contribution in [1.82, 2.24) is 15.0 Å². The molecule has 0 saturated carbocycles. The molecule has 106 valence electrons. The van der Waals surface area contributed by atoms with Gasteiger partial charge in [-0.15, -0.1) is 5.10 Å². The van der Waals surface area contributed by atoms with Gasteiger partial charge in [0.05, 0.1) is 5.52 Å². The highest BCUT2D eigenvalue weighted by atomic mass is 15.4. The Balaban J connectivity index is 1.58. The van der Waals surface area contributed by atoms with E-state index in [0.717, 1.165) is 16.6 Å². The summed E-state index contributed by atoms with van der Waals surface area (Å²) in [6, 6.07) is 22.5. The molecule has 4 rings (SSSR count). The van der Waals surface area contributed by atoms with Crippen molar-refractivity contribution in [3.8, 4) is 0 Å². The van der Waals surface area contributed by atoms with E-state index >= 15 is 0 Å². The highest BCUT2D eigenvalue weighted by Gasteiger charge is 2.01. The topological polar surface area (TPSA) is 43.1 Å². The zero-order chi connectivity index (χ0) is 14.8. The Morgan fingerprint density at radius 1 is 0.909 bits per heavy atom. The molecule has 0 amide bonds. The van der Waals surface area contributed by atoms with Gasteiger partial charge in [-0.1, -0.05) is 53.7 Å². The third kappa shape index (κ3) is 2.35. The van der Waals surface area contributed by atoms with Crippen LogP contribution in [0.2, 0.25) is 0 Å². The summed E-state index contributed by atoms with van der Waals surface area (Å²) in [7, 11) is 0. The van der Waals surface area contributed by atoms with E-state index in [1.54, 1.807) is 4.68 Å². The molecule has 1 aromatic heterocycles. The fourth-order valence-electron chi connectivity index (χ4n) is 2.53. The fraction of sp³-hybridized carbons (Fsp3) is 0.0556. The van der Waals surface area contributed by atoms with Gasteiger partial charge >= 0.3 is 0 Å². The van der Waals surface area contributed by atoms with E-state index in [4.69, 9.17) is 0 Å². The molecule has 3 aromatic carbocycles. The molecular weight excluding hydrogens is 272 g/mol. The van der Waals surface area contributed by atoms with Gasteiger partial charge in [-0.3, -0.25) is 4.99 Å². The average molecular weight is 286 g/mol. The summed E-state index contributed by atoms with van der Waals surface area (Å²) in [4.78, 5) is 4.48. The molecule has 0 atom stereocenters. The molecule has 0 aliphatic carbocycles. The zero-order valence-electron chi connectivity index (χ0n) is 11.9. The van der Waals surface area contributed by atoms with Crippen LogP contribution in [0.1, 0.15) is 5.56 Å². The van der Waals surface area contributed by atoms with Gasteiger partial charge in [-0.05, 0) is 34.5 Å². The van der Waals surface area contributed by atoms with Crippen LogP contribution in [0.15, 0.2) is 71.7 Å². The van der Waals surface area contributed by atoms with Crippen molar-refractivity contribution in [2.45, 2.75) is 6.67 Å². The summed E-state index contributed by atoms with van der Waals surface area (Å²) < 4.78 is 1.80. The highest BCUT2D eigenvalue weighted by molar-refractivity contribution is 5.90. The minimum absolute atomic E-state index is 0.466. The maximum absolute atomic E-state index is 4.48. The number of rotatable bonds is 3. The van der Waals surface area contributed by atoms with Crippen LogP contribution in [0.4, 0.5) is 0 Å². The first-order valence-electron chi connectivity index (χ1n) is 7.17.